The van der Waals surface area contributed by atoms with Crippen molar-refractivity contribution in [2.75, 3.05) is 32.8 Å². The van der Waals surface area contributed by atoms with Gasteiger partial charge in [-0.1, -0.05) is 60.7 Å². The Bertz CT molecular complexity index is 570. The third-order valence-corrected chi connectivity index (χ3v) is 4.18. The van der Waals surface area contributed by atoms with Gasteiger partial charge in [0.15, 0.2) is 6.54 Å². The lowest BCUT2D eigenvalue weighted by Crippen LogP contribution is -3.15. The number of hydrogen-bond donors (Lipinski definition) is 2. The molecule has 2 aromatic rings. The molecular weight excluding hydrogens is 288 g/mol. The fourth-order valence-corrected chi connectivity index (χ4v) is 2.93. The van der Waals surface area contributed by atoms with Crippen molar-refractivity contribution in [3.8, 4) is 0 Å². The Kier molecular flexibility index (Phi) is 5.40. The minimum Gasteiger partial charge on any atom is -0.370 e. The second-order valence-corrected chi connectivity index (χ2v) is 5.86. The molecule has 1 saturated heterocycles. The van der Waals surface area contributed by atoms with Gasteiger partial charge in [-0.2, -0.15) is 0 Å². The van der Waals surface area contributed by atoms with Gasteiger partial charge in [0.2, 0.25) is 0 Å². The standard InChI is InChI=1S/C19H22N2O2/c22-18(15-21-11-13-23-14-12-21)20-19(16-7-3-1-4-8-16)17-9-5-2-6-10-17/h1-10,19H,11-15H2,(H,20,22)/p+1. The van der Waals surface area contributed by atoms with E-state index in [0.717, 1.165) is 37.4 Å². The number of quaternary nitrogens is 1. The molecule has 0 unspecified atom stereocenters. The summed E-state index contributed by atoms with van der Waals surface area (Å²) in [6, 6.07) is 20.1. The Balaban J connectivity index is 1.72. The van der Waals surface area contributed by atoms with Crippen LogP contribution in [-0.2, 0) is 9.53 Å². The third-order valence-electron chi connectivity index (χ3n) is 4.18. The van der Waals surface area contributed by atoms with Crippen molar-refractivity contribution in [3.63, 3.8) is 0 Å². The van der Waals surface area contributed by atoms with Crippen LogP contribution >= 0.6 is 0 Å². The van der Waals surface area contributed by atoms with E-state index in [0.29, 0.717) is 6.54 Å². The van der Waals surface area contributed by atoms with Crippen molar-refractivity contribution in [2.45, 2.75) is 6.04 Å². The summed E-state index contributed by atoms with van der Waals surface area (Å²) in [6.45, 7) is 3.77. The first-order chi connectivity index (χ1) is 11.3. The lowest BCUT2D eigenvalue weighted by Gasteiger charge is -2.25. The van der Waals surface area contributed by atoms with Gasteiger partial charge in [0.1, 0.15) is 13.1 Å². The number of benzene rings is 2. The highest BCUT2D eigenvalue weighted by molar-refractivity contribution is 5.77. The van der Waals surface area contributed by atoms with Crippen LogP contribution in [0.15, 0.2) is 60.7 Å². The third kappa shape index (κ3) is 4.41. The highest BCUT2D eigenvalue weighted by Crippen LogP contribution is 2.21. The zero-order valence-corrected chi connectivity index (χ0v) is 13.2. The van der Waals surface area contributed by atoms with Crippen molar-refractivity contribution in [3.05, 3.63) is 71.8 Å². The van der Waals surface area contributed by atoms with Gasteiger partial charge in [-0.15, -0.1) is 0 Å². The number of carbonyl (C=O) groups excluding carboxylic acids is 1. The van der Waals surface area contributed by atoms with Crippen molar-refractivity contribution in [2.24, 2.45) is 0 Å². The second kappa shape index (κ2) is 7.90. The zero-order valence-electron chi connectivity index (χ0n) is 13.2. The Hall–Kier alpha value is -2.17. The van der Waals surface area contributed by atoms with E-state index in [-0.39, 0.29) is 11.9 Å². The van der Waals surface area contributed by atoms with Gasteiger partial charge in [-0.3, -0.25) is 4.79 Å². The number of ether oxygens (including phenoxy) is 1. The topological polar surface area (TPSA) is 42.8 Å². The number of amides is 1. The van der Waals surface area contributed by atoms with E-state index in [1.54, 1.807) is 0 Å². The quantitative estimate of drug-likeness (QED) is 0.858. The predicted octanol–water partition coefficient (Wildman–Crippen LogP) is 0.807. The van der Waals surface area contributed by atoms with Crippen LogP contribution in [0.2, 0.25) is 0 Å². The number of carbonyl (C=O) groups is 1. The minimum absolute atomic E-state index is 0.0830. The van der Waals surface area contributed by atoms with Gasteiger partial charge in [0.25, 0.3) is 5.91 Å². The molecular formula is C19H23N2O2+. The molecule has 0 bridgehead atoms. The Morgan fingerprint density at radius 2 is 1.48 bits per heavy atom. The van der Waals surface area contributed by atoms with Crippen LogP contribution in [0.25, 0.3) is 0 Å². The highest BCUT2D eigenvalue weighted by Gasteiger charge is 2.21. The van der Waals surface area contributed by atoms with Gasteiger partial charge >= 0.3 is 0 Å². The van der Waals surface area contributed by atoms with Gasteiger partial charge in [-0.25, -0.2) is 0 Å². The summed E-state index contributed by atoms with van der Waals surface area (Å²) >= 11 is 0. The molecule has 1 heterocycles. The second-order valence-electron chi connectivity index (χ2n) is 5.86. The van der Waals surface area contributed by atoms with Crippen LogP contribution in [0.4, 0.5) is 0 Å². The molecule has 1 aliphatic heterocycles. The highest BCUT2D eigenvalue weighted by atomic mass is 16.5. The van der Waals surface area contributed by atoms with Gasteiger partial charge in [-0.05, 0) is 11.1 Å². The van der Waals surface area contributed by atoms with Gasteiger partial charge in [0.05, 0.1) is 19.3 Å². The fraction of sp³-hybridized carbons (Fsp3) is 0.316. The van der Waals surface area contributed by atoms with Gasteiger partial charge in [0, 0.05) is 0 Å². The lowest BCUT2D eigenvalue weighted by atomic mass is 9.99. The van der Waals surface area contributed by atoms with Crippen LogP contribution in [0.1, 0.15) is 17.2 Å². The van der Waals surface area contributed by atoms with E-state index in [2.05, 4.69) is 29.6 Å². The Morgan fingerprint density at radius 3 is 2.00 bits per heavy atom. The van der Waals surface area contributed by atoms with Crippen LogP contribution in [0.3, 0.4) is 0 Å². The first-order valence-electron chi connectivity index (χ1n) is 8.13. The molecule has 120 valence electrons. The normalized spacial score (nSPS) is 15.5. The molecule has 1 amide bonds. The number of nitrogens with one attached hydrogen (secondary N) is 2. The van der Waals surface area contributed by atoms with Gasteiger partial charge < -0.3 is 15.0 Å². The maximum absolute atomic E-state index is 12.5. The van der Waals surface area contributed by atoms with E-state index in [4.69, 9.17) is 4.74 Å². The number of hydrogen-bond acceptors (Lipinski definition) is 2. The minimum atomic E-state index is -0.106. The predicted molar refractivity (Wildman–Crippen MR) is 89.3 cm³/mol. The molecule has 0 aliphatic carbocycles. The smallest absolute Gasteiger partial charge is 0.275 e. The summed E-state index contributed by atoms with van der Waals surface area (Å²) in [5.41, 5.74) is 2.20. The summed E-state index contributed by atoms with van der Waals surface area (Å²) in [7, 11) is 0. The number of morpholine rings is 1. The van der Waals surface area contributed by atoms with E-state index in [9.17, 15) is 4.79 Å². The van der Waals surface area contributed by atoms with E-state index < -0.39 is 0 Å². The molecule has 2 aromatic carbocycles. The van der Waals surface area contributed by atoms with Crippen LogP contribution in [0.5, 0.6) is 0 Å². The Morgan fingerprint density at radius 1 is 0.957 bits per heavy atom. The number of rotatable bonds is 5. The Labute approximate surface area is 137 Å². The monoisotopic (exact) mass is 311 g/mol. The van der Waals surface area contributed by atoms with Crippen molar-refractivity contribution in [1.29, 1.82) is 0 Å². The van der Waals surface area contributed by atoms with Crippen molar-refractivity contribution < 1.29 is 14.4 Å². The maximum Gasteiger partial charge on any atom is 0.275 e. The lowest BCUT2D eigenvalue weighted by molar-refractivity contribution is -0.900. The summed E-state index contributed by atoms with van der Waals surface area (Å²) in [6.07, 6.45) is 0. The molecule has 1 aliphatic rings. The van der Waals surface area contributed by atoms with Crippen LogP contribution in [-0.4, -0.2) is 38.8 Å². The molecule has 4 nitrogen and oxygen atoms in total. The fourth-order valence-electron chi connectivity index (χ4n) is 2.93. The zero-order chi connectivity index (χ0) is 15.9. The average Bonchev–Trinajstić information content (AvgIpc) is 2.62. The molecule has 4 heteroatoms. The largest absolute Gasteiger partial charge is 0.370 e. The molecule has 0 saturated carbocycles. The first-order valence-corrected chi connectivity index (χ1v) is 8.13. The summed E-state index contributed by atoms with van der Waals surface area (Å²) in [4.78, 5) is 13.8. The molecule has 0 radical (unpaired) electrons. The molecule has 0 atom stereocenters. The molecule has 23 heavy (non-hydrogen) atoms. The van der Waals surface area contributed by atoms with Crippen molar-refractivity contribution in [1.82, 2.24) is 5.32 Å². The van der Waals surface area contributed by atoms with E-state index >= 15 is 0 Å². The van der Waals surface area contributed by atoms with Crippen LogP contribution < -0.4 is 10.2 Å². The molecule has 0 aromatic heterocycles. The summed E-state index contributed by atoms with van der Waals surface area (Å²) in [5.74, 6) is 0.0830. The molecule has 1 fully saturated rings. The van der Waals surface area contributed by atoms with Crippen LogP contribution in [0, 0.1) is 0 Å². The SMILES string of the molecule is O=C(C[NH+]1CCOCC1)NC(c1ccccc1)c1ccccc1. The summed E-state index contributed by atoms with van der Waals surface area (Å²) in [5, 5.41) is 3.20. The van der Waals surface area contributed by atoms with E-state index in [1.807, 2.05) is 36.4 Å². The first kappa shape index (κ1) is 15.7. The average molecular weight is 311 g/mol. The maximum atomic E-state index is 12.5. The van der Waals surface area contributed by atoms with E-state index in [1.165, 1.54) is 4.90 Å². The molecule has 0 spiro atoms. The summed E-state index contributed by atoms with van der Waals surface area (Å²) < 4.78 is 5.35. The molecule has 2 N–H and O–H groups in total. The van der Waals surface area contributed by atoms with Crippen molar-refractivity contribution >= 4 is 5.91 Å². The molecule has 3 rings (SSSR count).